The second-order valence-electron chi connectivity index (χ2n) is 2.99. The second kappa shape index (κ2) is 6.31. The Bertz CT molecular complexity index is 216. The van der Waals surface area contributed by atoms with E-state index in [1.807, 2.05) is 6.92 Å². The molecule has 4 N–H and O–H groups in total. The molecule has 0 aromatic rings. The van der Waals surface area contributed by atoms with Crippen molar-refractivity contribution in [1.29, 1.82) is 0 Å². The van der Waals surface area contributed by atoms with Crippen LogP contribution in [-0.2, 0) is 10.2 Å². The van der Waals surface area contributed by atoms with Gasteiger partial charge in [-0.25, -0.2) is 4.72 Å². The predicted octanol–water partition coefficient (Wildman–Crippen LogP) is -0.442. The fourth-order valence-corrected chi connectivity index (χ4v) is 2.06. The largest absolute Gasteiger partial charge is 0.330 e. The molecule has 0 amide bonds. The first-order chi connectivity index (χ1) is 6.02. The van der Waals surface area contributed by atoms with Crippen molar-refractivity contribution in [1.82, 2.24) is 9.44 Å². The van der Waals surface area contributed by atoms with E-state index in [-0.39, 0.29) is 6.04 Å². The van der Waals surface area contributed by atoms with Gasteiger partial charge in [0.25, 0.3) is 10.2 Å². The lowest BCUT2D eigenvalue weighted by Crippen LogP contribution is -2.42. The van der Waals surface area contributed by atoms with Gasteiger partial charge >= 0.3 is 0 Å². The van der Waals surface area contributed by atoms with Gasteiger partial charge in [0.05, 0.1) is 0 Å². The van der Waals surface area contributed by atoms with Gasteiger partial charge in [-0.05, 0) is 26.3 Å². The summed E-state index contributed by atoms with van der Waals surface area (Å²) >= 11 is 0. The van der Waals surface area contributed by atoms with E-state index < -0.39 is 10.2 Å². The Morgan fingerprint density at radius 1 is 1.46 bits per heavy atom. The standard InChI is InChI=1S/C7H19N3O2S/c1-3-6-9-13(11,12)10-7(2)4-5-8/h7,9-10H,3-6,8H2,1-2H3. The zero-order valence-corrected chi connectivity index (χ0v) is 9.02. The van der Waals surface area contributed by atoms with Crippen LogP contribution >= 0.6 is 0 Å². The van der Waals surface area contributed by atoms with Crippen LogP contribution in [-0.4, -0.2) is 27.5 Å². The second-order valence-corrected chi connectivity index (χ2v) is 4.53. The third-order valence-electron chi connectivity index (χ3n) is 1.50. The van der Waals surface area contributed by atoms with Gasteiger partial charge < -0.3 is 5.73 Å². The Labute approximate surface area is 80.3 Å². The van der Waals surface area contributed by atoms with Gasteiger partial charge in [0, 0.05) is 12.6 Å². The van der Waals surface area contributed by atoms with E-state index >= 15 is 0 Å². The van der Waals surface area contributed by atoms with Crippen LogP contribution in [0.5, 0.6) is 0 Å². The highest BCUT2D eigenvalue weighted by Crippen LogP contribution is 1.90. The topological polar surface area (TPSA) is 84.2 Å². The van der Waals surface area contributed by atoms with E-state index in [1.165, 1.54) is 0 Å². The summed E-state index contributed by atoms with van der Waals surface area (Å²) in [5, 5.41) is 0. The van der Waals surface area contributed by atoms with Crippen LogP contribution < -0.4 is 15.2 Å². The molecule has 0 aliphatic heterocycles. The van der Waals surface area contributed by atoms with E-state index in [0.29, 0.717) is 19.5 Å². The number of nitrogens with one attached hydrogen (secondary N) is 2. The summed E-state index contributed by atoms with van der Waals surface area (Å²) in [4.78, 5) is 0. The Hall–Kier alpha value is -0.170. The molecule has 13 heavy (non-hydrogen) atoms. The first-order valence-corrected chi connectivity index (χ1v) is 5.97. The molecule has 0 saturated heterocycles. The van der Waals surface area contributed by atoms with Crippen LogP contribution in [0.25, 0.3) is 0 Å². The van der Waals surface area contributed by atoms with Gasteiger partial charge in [-0.15, -0.1) is 0 Å². The summed E-state index contributed by atoms with van der Waals surface area (Å²) in [5.41, 5.74) is 5.29. The van der Waals surface area contributed by atoms with Crippen molar-refractivity contribution < 1.29 is 8.42 Å². The lowest BCUT2D eigenvalue weighted by molar-refractivity contribution is 0.537. The summed E-state index contributed by atoms with van der Waals surface area (Å²) in [7, 11) is -3.32. The Morgan fingerprint density at radius 2 is 2.08 bits per heavy atom. The smallest absolute Gasteiger partial charge is 0.277 e. The van der Waals surface area contributed by atoms with E-state index in [9.17, 15) is 8.42 Å². The van der Waals surface area contributed by atoms with Crippen molar-refractivity contribution in [2.75, 3.05) is 13.1 Å². The molecule has 0 spiro atoms. The highest BCUT2D eigenvalue weighted by Gasteiger charge is 2.11. The van der Waals surface area contributed by atoms with E-state index in [1.54, 1.807) is 6.92 Å². The molecule has 0 aliphatic carbocycles. The van der Waals surface area contributed by atoms with Crippen molar-refractivity contribution in [3.8, 4) is 0 Å². The molecule has 0 saturated carbocycles. The molecular formula is C7H19N3O2S. The van der Waals surface area contributed by atoms with Crippen LogP contribution in [0.2, 0.25) is 0 Å². The molecular weight excluding hydrogens is 190 g/mol. The molecule has 0 rings (SSSR count). The molecule has 0 bridgehead atoms. The van der Waals surface area contributed by atoms with Gasteiger partial charge in [-0.3, -0.25) is 0 Å². The number of rotatable bonds is 7. The Balaban J connectivity index is 3.87. The summed E-state index contributed by atoms with van der Waals surface area (Å²) in [6.45, 7) is 4.64. The summed E-state index contributed by atoms with van der Waals surface area (Å²) in [5.74, 6) is 0. The lowest BCUT2D eigenvalue weighted by atomic mass is 10.3. The highest BCUT2D eigenvalue weighted by atomic mass is 32.2. The monoisotopic (exact) mass is 209 g/mol. The van der Waals surface area contributed by atoms with Crippen LogP contribution in [0.4, 0.5) is 0 Å². The van der Waals surface area contributed by atoms with Crippen LogP contribution in [0, 0.1) is 0 Å². The molecule has 0 aliphatic rings. The highest BCUT2D eigenvalue weighted by molar-refractivity contribution is 7.87. The van der Waals surface area contributed by atoms with Crippen molar-refractivity contribution in [2.24, 2.45) is 5.73 Å². The first kappa shape index (κ1) is 12.8. The molecule has 0 heterocycles. The Kier molecular flexibility index (Phi) is 6.23. The summed E-state index contributed by atoms with van der Waals surface area (Å²) in [6, 6.07) is -0.112. The van der Waals surface area contributed by atoms with Crippen molar-refractivity contribution in [2.45, 2.75) is 32.7 Å². The van der Waals surface area contributed by atoms with Gasteiger partial charge in [-0.2, -0.15) is 13.1 Å². The molecule has 0 radical (unpaired) electrons. The minimum absolute atomic E-state index is 0.112. The third kappa shape index (κ3) is 6.94. The Morgan fingerprint density at radius 3 is 2.54 bits per heavy atom. The minimum atomic E-state index is -3.32. The fraction of sp³-hybridized carbons (Fsp3) is 1.00. The average Bonchev–Trinajstić information content (AvgIpc) is 2.00. The van der Waals surface area contributed by atoms with Gasteiger partial charge in [-0.1, -0.05) is 6.92 Å². The zero-order valence-electron chi connectivity index (χ0n) is 8.21. The molecule has 6 heteroatoms. The van der Waals surface area contributed by atoms with Gasteiger partial charge in [0.2, 0.25) is 0 Å². The number of hydrogen-bond acceptors (Lipinski definition) is 3. The molecule has 1 atom stereocenters. The fourth-order valence-electron chi connectivity index (χ4n) is 0.852. The maximum Gasteiger partial charge on any atom is 0.277 e. The molecule has 1 unspecified atom stereocenters. The number of nitrogens with two attached hydrogens (primary N) is 1. The van der Waals surface area contributed by atoms with Crippen molar-refractivity contribution in [3.05, 3.63) is 0 Å². The zero-order chi connectivity index (χ0) is 10.3. The van der Waals surface area contributed by atoms with Crippen LogP contribution in [0.3, 0.4) is 0 Å². The number of hydrogen-bond donors (Lipinski definition) is 3. The van der Waals surface area contributed by atoms with E-state index in [4.69, 9.17) is 5.73 Å². The van der Waals surface area contributed by atoms with Crippen molar-refractivity contribution >= 4 is 10.2 Å². The normalized spacial score (nSPS) is 14.4. The third-order valence-corrected chi connectivity index (χ3v) is 2.79. The molecule has 0 fully saturated rings. The quantitative estimate of drug-likeness (QED) is 0.531. The molecule has 0 aromatic heterocycles. The van der Waals surface area contributed by atoms with Gasteiger partial charge in [0.15, 0.2) is 0 Å². The maximum atomic E-state index is 11.2. The SMILES string of the molecule is CCCNS(=O)(=O)NC(C)CCN. The van der Waals surface area contributed by atoms with E-state index in [2.05, 4.69) is 9.44 Å². The maximum absolute atomic E-state index is 11.2. The van der Waals surface area contributed by atoms with Gasteiger partial charge in [0.1, 0.15) is 0 Å². The van der Waals surface area contributed by atoms with E-state index in [0.717, 1.165) is 6.42 Å². The van der Waals surface area contributed by atoms with Crippen LogP contribution in [0.15, 0.2) is 0 Å². The predicted molar refractivity (Wildman–Crippen MR) is 53.5 cm³/mol. The first-order valence-electron chi connectivity index (χ1n) is 4.48. The molecule has 5 nitrogen and oxygen atoms in total. The molecule has 80 valence electrons. The summed E-state index contributed by atoms with van der Waals surface area (Å²) < 4.78 is 27.3. The van der Waals surface area contributed by atoms with Crippen molar-refractivity contribution in [3.63, 3.8) is 0 Å². The lowest BCUT2D eigenvalue weighted by Gasteiger charge is -2.13. The minimum Gasteiger partial charge on any atom is -0.330 e. The average molecular weight is 209 g/mol. The van der Waals surface area contributed by atoms with Crippen LogP contribution in [0.1, 0.15) is 26.7 Å². The molecule has 0 aromatic carbocycles. The summed E-state index contributed by atoms with van der Waals surface area (Å²) in [6.07, 6.45) is 1.43.